The molecule has 94 valence electrons. The second kappa shape index (κ2) is 5.40. The number of fused-ring (bicyclic) bond motifs is 1. The summed E-state index contributed by atoms with van der Waals surface area (Å²) >= 11 is 0. The molecule has 2 aromatic rings. The van der Waals surface area contributed by atoms with Crippen molar-refractivity contribution >= 4 is 16.8 Å². The summed E-state index contributed by atoms with van der Waals surface area (Å²) in [5.74, 6) is 0.695. The summed E-state index contributed by atoms with van der Waals surface area (Å²) < 4.78 is 5.35. The molecular formula is C14H16N2O2. The molecule has 0 aliphatic rings. The van der Waals surface area contributed by atoms with Crippen molar-refractivity contribution in [3.05, 3.63) is 42.6 Å². The average molecular weight is 244 g/mol. The maximum Gasteiger partial charge on any atom is 0.243 e. The first kappa shape index (κ1) is 12.2. The number of carbonyl (C=O) groups excluding carboxylic acids is 1. The Morgan fingerprint density at radius 1 is 1.56 bits per heavy atom. The third kappa shape index (κ3) is 2.37. The standard InChI is InChI=1S/C14H16N2O2/c1-3-13(17)15-8-7-10-9-16-11-5-4-6-12(18-2)14(10)11/h3-6,9,16H,1,7-8H2,2H3,(H,15,17). The molecule has 1 amide bonds. The minimum atomic E-state index is -0.151. The summed E-state index contributed by atoms with van der Waals surface area (Å²) in [4.78, 5) is 14.3. The van der Waals surface area contributed by atoms with Gasteiger partial charge in [-0.25, -0.2) is 0 Å². The Bertz CT molecular complexity index is 572. The molecule has 4 heteroatoms. The van der Waals surface area contributed by atoms with E-state index >= 15 is 0 Å². The van der Waals surface area contributed by atoms with Gasteiger partial charge >= 0.3 is 0 Å². The molecule has 0 unspecified atom stereocenters. The van der Waals surface area contributed by atoms with Crippen molar-refractivity contribution in [2.75, 3.05) is 13.7 Å². The minimum Gasteiger partial charge on any atom is -0.496 e. The van der Waals surface area contributed by atoms with Gasteiger partial charge in [0.25, 0.3) is 0 Å². The molecule has 0 spiro atoms. The Morgan fingerprint density at radius 3 is 3.11 bits per heavy atom. The van der Waals surface area contributed by atoms with Gasteiger partial charge in [0.2, 0.25) is 5.91 Å². The second-order valence-corrected chi connectivity index (χ2v) is 3.94. The molecule has 1 aromatic heterocycles. The molecule has 0 saturated carbocycles. The van der Waals surface area contributed by atoms with Gasteiger partial charge in [0, 0.05) is 23.6 Å². The van der Waals surface area contributed by atoms with E-state index in [1.165, 1.54) is 6.08 Å². The van der Waals surface area contributed by atoms with Crippen LogP contribution < -0.4 is 10.1 Å². The third-order valence-corrected chi connectivity index (χ3v) is 2.85. The van der Waals surface area contributed by atoms with Crippen LogP contribution in [0.1, 0.15) is 5.56 Å². The highest BCUT2D eigenvalue weighted by Crippen LogP contribution is 2.28. The first-order chi connectivity index (χ1) is 8.76. The molecule has 18 heavy (non-hydrogen) atoms. The smallest absolute Gasteiger partial charge is 0.243 e. The molecule has 0 atom stereocenters. The second-order valence-electron chi connectivity index (χ2n) is 3.94. The number of nitrogens with one attached hydrogen (secondary N) is 2. The number of H-pyrrole nitrogens is 1. The van der Waals surface area contributed by atoms with Gasteiger partial charge in [0.1, 0.15) is 5.75 Å². The summed E-state index contributed by atoms with van der Waals surface area (Å²) in [6.07, 6.45) is 3.98. The number of ether oxygens (including phenoxy) is 1. The molecule has 1 heterocycles. The van der Waals surface area contributed by atoms with Crippen molar-refractivity contribution in [1.82, 2.24) is 10.3 Å². The van der Waals surface area contributed by atoms with Crippen LogP contribution in [0.25, 0.3) is 10.9 Å². The van der Waals surface area contributed by atoms with E-state index in [0.29, 0.717) is 6.54 Å². The molecule has 2 N–H and O–H groups in total. The fraction of sp³-hybridized carbons (Fsp3) is 0.214. The largest absolute Gasteiger partial charge is 0.496 e. The van der Waals surface area contributed by atoms with Gasteiger partial charge in [-0.3, -0.25) is 4.79 Å². The monoisotopic (exact) mass is 244 g/mol. The molecule has 2 rings (SSSR count). The lowest BCUT2D eigenvalue weighted by molar-refractivity contribution is -0.116. The number of carbonyl (C=O) groups is 1. The maximum atomic E-state index is 11.1. The quantitative estimate of drug-likeness (QED) is 0.791. The third-order valence-electron chi connectivity index (χ3n) is 2.85. The number of aromatic nitrogens is 1. The molecule has 4 nitrogen and oxygen atoms in total. The Hall–Kier alpha value is -2.23. The molecular weight excluding hydrogens is 228 g/mol. The van der Waals surface area contributed by atoms with Gasteiger partial charge in [-0.2, -0.15) is 0 Å². The summed E-state index contributed by atoms with van der Waals surface area (Å²) in [5.41, 5.74) is 2.17. The van der Waals surface area contributed by atoms with Crippen molar-refractivity contribution in [2.45, 2.75) is 6.42 Å². The van der Waals surface area contributed by atoms with Crippen LogP contribution in [0.5, 0.6) is 5.75 Å². The lowest BCUT2D eigenvalue weighted by Gasteiger charge is -2.05. The van der Waals surface area contributed by atoms with Crippen LogP contribution in [-0.2, 0) is 11.2 Å². The minimum absolute atomic E-state index is 0.151. The maximum absolute atomic E-state index is 11.1. The van der Waals surface area contributed by atoms with Gasteiger partial charge < -0.3 is 15.0 Å². The van der Waals surface area contributed by atoms with E-state index in [1.54, 1.807) is 7.11 Å². The van der Waals surface area contributed by atoms with E-state index in [2.05, 4.69) is 16.9 Å². The average Bonchev–Trinajstić information content (AvgIpc) is 2.82. The van der Waals surface area contributed by atoms with Crippen LogP contribution in [0.4, 0.5) is 0 Å². The number of aromatic amines is 1. The van der Waals surface area contributed by atoms with Crippen molar-refractivity contribution < 1.29 is 9.53 Å². The SMILES string of the molecule is C=CC(=O)NCCc1c[nH]c2cccc(OC)c12. The number of benzene rings is 1. The fourth-order valence-electron chi connectivity index (χ4n) is 1.98. The van der Waals surface area contributed by atoms with Crippen LogP contribution in [0, 0.1) is 0 Å². The van der Waals surface area contributed by atoms with Crippen molar-refractivity contribution in [3.63, 3.8) is 0 Å². The first-order valence-corrected chi connectivity index (χ1v) is 5.79. The Labute approximate surface area is 106 Å². The lowest BCUT2D eigenvalue weighted by atomic mass is 10.1. The van der Waals surface area contributed by atoms with Gasteiger partial charge in [-0.1, -0.05) is 12.6 Å². The van der Waals surface area contributed by atoms with E-state index < -0.39 is 0 Å². The summed E-state index contributed by atoms with van der Waals surface area (Å²) in [7, 11) is 1.66. The zero-order valence-electron chi connectivity index (χ0n) is 10.3. The summed E-state index contributed by atoms with van der Waals surface area (Å²) in [6.45, 7) is 3.99. The lowest BCUT2D eigenvalue weighted by Crippen LogP contribution is -2.23. The normalized spacial score (nSPS) is 10.3. The van der Waals surface area contributed by atoms with Crippen molar-refractivity contribution in [1.29, 1.82) is 0 Å². The number of methoxy groups -OCH3 is 1. The van der Waals surface area contributed by atoms with Crippen LogP contribution in [-0.4, -0.2) is 24.5 Å². The first-order valence-electron chi connectivity index (χ1n) is 5.79. The highest BCUT2D eigenvalue weighted by Gasteiger charge is 2.08. The summed E-state index contributed by atoms with van der Waals surface area (Å²) in [5, 5.41) is 3.84. The fourth-order valence-corrected chi connectivity index (χ4v) is 1.98. The summed E-state index contributed by atoms with van der Waals surface area (Å²) in [6, 6.07) is 5.88. The molecule has 0 aliphatic heterocycles. The zero-order chi connectivity index (χ0) is 13.0. The number of rotatable bonds is 5. The van der Waals surface area contributed by atoms with E-state index in [0.717, 1.165) is 28.6 Å². The Kier molecular flexibility index (Phi) is 3.67. The van der Waals surface area contributed by atoms with Crippen LogP contribution in [0.3, 0.4) is 0 Å². The van der Waals surface area contributed by atoms with E-state index in [9.17, 15) is 4.79 Å². The predicted molar refractivity (Wildman–Crippen MR) is 71.8 cm³/mol. The molecule has 0 saturated heterocycles. The van der Waals surface area contributed by atoms with Crippen LogP contribution in [0.15, 0.2) is 37.1 Å². The molecule has 0 aliphatic carbocycles. The van der Waals surface area contributed by atoms with Gasteiger partial charge in [0.15, 0.2) is 0 Å². The van der Waals surface area contributed by atoms with E-state index in [1.807, 2.05) is 24.4 Å². The van der Waals surface area contributed by atoms with Crippen molar-refractivity contribution in [3.8, 4) is 5.75 Å². The van der Waals surface area contributed by atoms with E-state index in [-0.39, 0.29) is 5.91 Å². The van der Waals surface area contributed by atoms with Gasteiger partial charge in [0.05, 0.1) is 7.11 Å². The highest BCUT2D eigenvalue weighted by molar-refractivity contribution is 5.89. The molecule has 0 bridgehead atoms. The Morgan fingerprint density at radius 2 is 2.39 bits per heavy atom. The van der Waals surface area contributed by atoms with Gasteiger partial charge in [-0.15, -0.1) is 0 Å². The van der Waals surface area contributed by atoms with Crippen LogP contribution >= 0.6 is 0 Å². The molecule has 0 fully saturated rings. The highest BCUT2D eigenvalue weighted by atomic mass is 16.5. The van der Waals surface area contributed by atoms with Crippen LogP contribution in [0.2, 0.25) is 0 Å². The molecule has 0 radical (unpaired) electrons. The number of hydrogen-bond acceptors (Lipinski definition) is 2. The van der Waals surface area contributed by atoms with Crippen molar-refractivity contribution in [2.24, 2.45) is 0 Å². The van der Waals surface area contributed by atoms with Gasteiger partial charge in [-0.05, 0) is 30.2 Å². The van der Waals surface area contributed by atoms with E-state index in [4.69, 9.17) is 4.74 Å². The topological polar surface area (TPSA) is 54.1 Å². The number of hydrogen-bond donors (Lipinski definition) is 2. The Balaban J connectivity index is 2.18. The zero-order valence-corrected chi connectivity index (χ0v) is 10.3. The molecule has 1 aromatic carbocycles. The number of amides is 1. The predicted octanol–water partition coefficient (Wildman–Crippen LogP) is 2.02.